The van der Waals surface area contributed by atoms with Crippen molar-refractivity contribution in [3.8, 4) is 10.8 Å². The minimum atomic E-state index is 0.398. The predicted octanol–water partition coefficient (Wildman–Crippen LogP) is 1.50. The average molecular weight is 261 g/mol. The quantitative estimate of drug-likeness (QED) is 0.769. The van der Waals surface area contributed by atoms with Crippen LogP contribution in [0.3, 0.4) is 0 Å². The number of hydrogen-bond acceptors (Lipinski definition) is 6. The number of nitrogens with zero attached hydrogens (tertiary/aromatic N) is 4. The monoisotopic (exact) mass is 261 g/mol. The van der Waals surface area contributed by atoms with Crippen LogP contribution in [0.25, 0.3) is 10.8 Å². The zero-order valence-electron chi connectivity index (χ0n) is 9.48. The van der Waals surface area contributed by atoms with E-state index in [9.17, 15) is 0 Å². The molecule has 0 aliphatic rings. The van der Waals surface area contributed by atoms with Gasteiger partial charge in [-0.25, -0.2) is 9.67 Å². The molecule has 0 spiro atoms. The molecule has 0 radical (unpaired) electrons. The van der Waals surface area contributed by atoms with Gasteiger partial charge in [-0.1, -0.05) is 5.21 Å². The molecule has 92 valence electrons. The van der Waals surface area contributed by atoms with Crippen molar-refractivity contribution in [2.45, 2.75) is 13.1 Å². The van der Waals surface area contributed by atoms with Crippen LogP contribution in [0.5, 0.6) is 0 Å². The Balaban J connectivity index is 1.77. The van der Waals surface area contributed by atoms with Crippen LogP contribution in [0.1, 0.15) is 11.4 Å². The van der Waals surface area contributed by atoms with Gasteiger partial charge in [0.25, 0.3) is 0 Å². The second kappa shape index (κ2) is 4.71. The van der Waals surface area contributed by atoms with E-state index in [4.69, 9.17) is 10.2 Å². The normalized spacial score (nSPS) is 10.9. The molecule has 0 saturated heterocycles. The standard InChI is InChI=1S/C11H11N5OS/c12-4-8-5-16(15-14-8)6-9-7-18-11(13-9)10-2-1-3-17-10/h1-3,5,7H,4,6,12H2. The van der Waals surface area contributed by atoms with Crippen molar-refractivity contribution in [1.82, 2.24) is 20.0 Å². The number of thiazole rings is 1. The Morgan fingerprint density at radius 3 is 3.06 bits per heavy atom. The van der Waals surface area contributed by atoms with E-state index < -0.39 is 0 Å². The SMILES string of the molecule is NCc1cn(Cc2csc(-c3ccco3)n2)nn1. The van der Waals surface area contributed by atoms with Gasteiger partial charge in [-0.15, -0.1) is 16.4 Å². The van der Waals surface area contributed by atoms with Gasteiger partial charge in [0.05, 0.1) is 30.4 Å². The summed E-state index contributed by atoms with van der Waals surface area (Å²) in [5.41, 5.74) is 7.19. The maximum atomic E-state index is 5.48. The third-order valence-electron chi connectivity index (χ3n) is 2.40. The zero-order valence-corrected chi connectivity index (χ0v) is 10.3. The Kier molecular flexibility index (Phi) is 2.91. The molecule has 3 rings (SSSR count). The third kappa shape index (κ3) is 2.18. The van der Waals surface area contributed by atoms with Gasteiger partial charge in [0.15, 0.2) is 10.8 Å². The minimum absolute atomic E-state index is 0.398. The second-order valence-electron chi connectivity index (χ2n) is 3.73. The fourth-order valence-corrected chi connectivity index (χ4v) is 2.35. The van der Waals surface area contributed by atoms with E-state index >= 15 is 0 Å². The molecule has 0 bridgehead atoms. The maximum Gasteiger partial charge on any atom is 0.162 e. The van der Waals surface area contributed by atoms with Crippen LogP contribution in [0.15, 0.2) is 34.4 Å². The Hall–Kier alpha value is -1.99. The van der Waals surface area contributed by atoms with Crippen molar-refractivity contribution >= 4 is 11.3 Å². The number of aromatic nitrogens is 4. The predicted molar refractivity (Wildman–Crippen MR) is 66.8 cm³/mol. The van der Waals surface area contributed by atoms with Gasteiger partial charge in [-0.2, -0.15) is 0 Å². The van der Waals surface area contributed by atoms with E-state index in [1.807, 2.05) is 23.7 Å². The number of hydrogen-bond donors (Lipinski definition) is 1. The van der Waals surface area contributed by atoms with Crippen LogP contribution in [-0.4, -0.2) is 20.0 Å². The lowest BCUT2D eigenvalue weighted by Crippen LogP contribution is -2.00. The highest BCUT2D eigenvalue weighted by molar-refractivity contribution is 7.13. The van der Waals surface area contributed by atoms with E-state index in [1.165, 1.54) is 0 Å². The van der Waals surface area contributed by atoms with Gasteiger partial charge in [-0.3, -0.25) is 0 Å². The number of nitrogens with two attached hydrogens (primary N) is 1. The Bertz CT molecular complexity index is 627. The van der Waals surface area contributed by atoms with E-state index in [-0.39, 0.29) is 0 Å². The van der Waals surface area contributed by atoms with Crippen LogP contribution in [0.2, 0.25) is 0 Å². The number of furan rings is 1. The first-order chi connectivity index (χ1) is 8.85. The molecular formula is C11H11N5OS. The van der Waals surface area contributed by atoms with Gasteiger partial charge in [0.2, 0.25) is 0 Å². The van der Waals surface area contributed by atoms with Crippen molar-refractivity contribution in [2.24, 2.45) is 5.73 Å². The molecular weight excluding hydrogens is 250 g/mol. The summed E-state index contributed by atoms with van der Waals surface area (Å²) in [6.07, 6.45) is 3.47. The molecule has 0 fully saturated rings. The minimum Gasteiger partial charge on any atom is -0.462 e. The zero-order chi connectivity index (χ0) is 12.4. The molecule has 7 heteroatoms. The number of rotatable bonds is 4. The summed E-state index contributed by atoms with van der Waals surface area (Å²) < 4.78 is 7.03. The summed E-state index contributed by atoms with van der Waals surface area (Å²) in [5, 5.41) is 10.8. The largest absolute Gasteiger partial charge is 0.462 e. The van der Waals surface area contributed by atoms with Crippen molar-refractivity contribution < 1.29 is 4.42 Å². The highest BCUT2D eigenvalue weighted by atomic mass is 32.1. The van der Waals surface area contributed by atoms with Crippen LogP contribution < -0.4 is 5.73 Å². The molecule has 2 N–H and O–H groups in total. The molecule has 0 saturated carbocycles. The van der Waals surface area contributed by atoms with E-state index in [0.29, 0.717) is 13.1 Å². The summed E-state index contributed by atoms with van der Waals surface area (Å²) in [7, 11) is 0. The van der Waals surface area contributed by atoms with Crippen LogP contribution in [-0.2, 0) is 13.1 Å². The molecule has 0 unspecified atom stereocenters. The summed E-state index contributed by atoms with van der Waals surface area (Å²) >= 11 is 1.55. The summed E-state index contributed by atoms with van der Waals surface area (Å²) in [5.74, 6) is 0.785. The smallest absolute Gasteiger partial charge is 0.162 e. The van der Waals surface area contributed by atoms with E-state index in [2.05, 4.69) is 15.3 Å². The lowest BCUT2D eigenvalue weighted by Gasteiger charge is -1.94. The Morgan fingerprint density at radius 1 is 1.39 bits per heavy atom. The van der Waals surface area contributed by atoms with E-state index in [0.717, 1.165) is 22.2 Å². The lowest BCUT2D eigenvalue weighted by molar-refractivity contribution is 0.581. The second-order valence-corrected chi connectivity index (χ2v) is 4.59. The first-order valence-electron chi connectivity index (χ1n) is 5.42. The Morgan fingerprint density at radius 2 is 2.33 bits per heavy atom. The maximum absolute atomic E-state index is 5.48. The van der Waals surface area contributed by atoms with Crippen LogP contribution in [0, 0.1) is 0 Å². The first kappa shape index (κ1) is 11.1. The molecule has 0 aliphatic carbocycles. The summed E-state index contributed by atoms with van der Waals surface area (Å²) in [4.78, 5) is 4.49. The van der Waals surface area contributed by atoms with Gasteiger partial charge in [-0.05, 0) is 12.1 Å². The fraction of sp³-hybridized carbons (Fsp3) is 0.182. The van der Waals surface area contributed by atoms with E-state index in [1.54, 1.807) is 22.3 Å². The average Bonchev–Trinajstić information content (AvgIpc) is 3.10. The molecule has 3 aromatic heterocycles. The van der Waals surface area contributed by atoms with Gasteiger partial charge < -0.3 is 10.2 Å². The summed E-state index contributed by atoms with van der Waals surface area (Å²) in [6.45, 7) is 0.985. The van der Waals surface area contributed by atoms with Gasteiger partial charge >= 0.3 is 0 Å². The van der Waals surface area contributed by atoms with Crippen molar-refractivity contribution in [2.75, 3.05) is 0 Å². The Labute approximate surface area is 107 Å². The first-order valence-corrected chi connectivity index (χ1v) is 6.30. The fourth-order valence-electron chi connectivity index (χ4n) is 1.57. The van der Waals surface area contributed by atoms with Crippen LogP contribution >= 0.6 is 11.3 Å². The molecule has 18 heavy (non-hydrogen) atoms. The molecule has 0 atom stereocenters. The molecule has 3 heterocycles. The van der Waals surface area contributed by atoms with Crippen molar-refractivity contribution in [3.05, 3.63) is 41.4 Å². The summed E-state index contributed by atoms with van der Waals surface area (Å²) in [6, 6.07) is 3.74. The van der Waals surface area contributed by atoms with Gasteiger partial charge in [0.1, 0.15) is 0 Å². The van der Waals surface area contributed by atoms with Crippen LogP contribution in [0.4, 0.5) is 0 Å². The van der Waals surface area contributed by atoms with Gasteiger partial charge in [0, 0.05) is 11.9 Å². The van der Waals surface area contributed by atoms with Crippen molar-refractivity contribution in [1.29, 1.82) is 0 Å². The molecule has 0 aliphatic heterocycles. The lowest BCUT2D eigenvalue weighted by atomic mass is 10.4. The third-order valence-corrected chi connectivity index (χ3v) is 3.31. The molecule has 0 aromatic carbocycles. The highest BCUT2D eigenvalue weighted by Crippen LogP contribution is 2.24. The molecule has 0 amide bonds. The van der Waals surface area contributed by atoms with Crippen molar-refractivity contribution in [3.63, 3.8) is 0 Å². The molecule has 3 aromatic rings. The highest BCUT2D eigenvalue weighted by Gasteiger charge is 2.08. The molecule has 6 nitrogen and oxygen atoms in total. The topological polar surface area (TPSA) is 82.8 Å².